The predicted molar refractivity (Wildman–Crippen MR) is 80.2 cm³/mol. The Balaban J connectivity index is 2.29. The fourth-order valence-corrected chi connectivity index (χ4v) is 2.23. The van der Waals surface area contributed by atoms with E-state index in [9.17, 15) is 4.79 Å². The molecule has 0 saturated carbocycles. The van der Waals surface area contributed by atoms with Crippen molar-refractivity contribution in [2.75, 3.05) is 5.73 Å². The average molecular weight is 307 g/mol. The molecule has 1 aromatic carbocycles. The van der Waals surface area contributed by atoms with Crippen LogP contribution in [0.4, 0.5) is 5.95 Å². The lowest BCUT2D eigenvalue weighted by atomic mass is 10.1. The number of carbonyl (C=O) groups excluding carboxylic acids is 1. The van der Waals surface area contributed by atoms with E-state index in [1.807, 2.05) is 6.92 Å². The number of rotatable bonds is 4. The van der Waals surface area contributed by atoms with Gasteiger partial charge in [-0.2, -0.15) is 0 Å². The molecule has 1 amide bonds. The summed E-state index contributed by atoms with van der Waals surface area (Å²) in [4.78, 5) is 19.5. The van der Waals surface area contributed by atoms with Gasteiger partial charge in [0.25, 0.3) is 5.91 Å². The topological polar surface area (TPSA) is 104 Å². The number of benzene rings is 1. The lowest BCUT2D eigenvalue weighted by Crippen LogP contribution is -2.20. The van der Waals surface area contributed by atoms with Gasteiger partial charge in [-0.3, -0.25) is 4.79 Å². The van der Waals surface area contributed by atoms with Crippen LogP contribution in [0.25, 0.3) is 0 Å². The van der Waals surface area contributed by atoms with Crippen LogP contribution in [0.1, 0.15) is 27.3 Å². The number of aromatic nitrogens is 2. The van der Waals surface area contributed by atoms with Crippen LogP contribution in [0, 0.1) is 13.8 Å². The summed E-state index contributed by atoms with van der Waals surface area (Å²) >= 11 is 5.89. The number of amides is 1. The van der Waals surface area contributed by atoms with Gasteiger partial charge in [0.1, 0.15) is 12.4 Å². The maximum Gasteiger partial charge on any atom is 0.252 e. The number of hydrogen-bond acceptors (Lipinski definition) is 5. The van der Waals surface area contributed by atoms with E-state index in [4.69, 9.17) is 27.8 Å². The van der Waals surface area contributed by atoms with Crippen molar-refractivity contribution in [3.63, 3.8) is 0 Å². The molecule has 2 rings (SSSR count). The Kier molecular flexibility index (Phi) is 4.28. The molecule has 0 saturated heterocycles. The number of nitrogens with zero attached hydrogens (tertiary/aromatic N) is 2. The molecule has 1 aromatic heterocycles. The summed E-state index contributed by atoms with van der Waals surface area (Å²) in [5.41, 5.74) is 12.9. The summed E-state index contributed by atoms with van der Waals surface area (Å²) in [5, 5.41) is 0.625. The quantitative estimate of drug-likeness (QED) is 0.899. The predicted octanol–water partition coefficient (Wildman–Crippen LogP) is 2.01. The van der Waals surface area contributed by atoms with Crippen molar-refractivity contribution in [3.8, 4) is 5.75 Å². The van der Waals surface area contributed by atoms with Crippen LogP contribution >= 0.6 is 11.6 Å². The van der Waals surface area contributed by atoms with E-state index in [2.05, 4.69) is 9.97 Å². The fourth-order valence-electron chi connectivity index (χ4n) is 2.00. The van der Waals surface area contributed by atoms with Crippen molar-refractivity contribution in [1.29, 1.82) is 0 Å². The Bertz CT molecular complexity index is 704. The molecule has 110 valence electrons. The van der Waals surface area contributed by atoms with E-state index in [1.54, 1.807) is 25.1 Å². The van der Waals surface area contributed by atoms with Crippen LogP contribution in [-0.2, 0) is 6.61 Å². The first-order valence-corrected chi connectivity index (χ1v) is 6.58. The molecule has 0 aliphatic rings. The third-order valence-electron chi connectivity index (χ3n) is 2.93. The number of ether oxygens (including phenoxy) is 1. The number of anilines is 1. The smallest absolute Gasteiger partial charge is 0.252 e. The summed E-state index contributed by atoms with van der Waals surface area (Å²) in [6.45, 7) is 3.58. The van der Waals surface area contributed by atoms with Crippen molar-refractivity contribution in [1.82, 2.24) is 9.97 Å². The van der Waals surface area contributed by atoms with Crippen LogP contribution < -0.4 is 16.2 Å². The van der Waals surface area contributed by atoms with E-state index in [0.29, 0.717) is 22.2 Å². The molecular weight excluding hydrogens is 292 g/mol. The average Bonchev–Trinajstić information content (AvgIpc) is 2.36. The van der Waals surface area contributed by atoms with E-state index in [1.165, 1.54) is 0 Å². The Labute approximate surface area is 127 Å². The summed E-state index contributed by atoms with van der Waals surface area (Å²) in [6.07, 6.45) is 0. The first-order valence-electron chi connectivity index (χ1n) is 6.20. The molecule has 0 bridgehead atoms. The van der Waals surface area contributed by atoms with Crippen LogP contribution in [0.5, 0.6) is 5.75 Å². The second-order valence-corrected chi connectivity index (χ2v) is 4.99. The molecule has 0 radical (unpaired) electrons. The molecule has 0 aliphatic carbocycles. The summed E-state index contributed by atoms with van der Waals surface area (Å²) in [5.74, 6) is 0.104. The number of hydrogen-bond donors (Lipinski definition) is 2. The zero-order valence-corrected chi connectivity index (χ0v) is 12.4. The minimum Gasteiger partial charge on any atom is -0.487 e. The van der Waals surface area contributed by atoms with Gasteiger partial charge < -0.3 is 16.2 Å². The second-order valence-electron chi connectivity index (χ2n) is 4.55. The molecule has 21 heavy (non-hydrogen) atoms. The van der Waals surface area contributed by atoms with Gasteiger partial charge in [0.15, 0.2) is 0 Å². The molecule has 6 nitrogen and oxygen atoms in total. The standard InChI is InChI=1S/C14H15ClN4O2/c1-7-5-9(15)3-4-11(7)21-6-10-12(13(16)20)8(2)18-14(17)19-10/h3-5H,6H2,1-2H3,(H2,16,20)(H2,17,18,19). The third kappa shape index (κ3) is 3.41. The molecule has 1 heterocycles. The molecule has 0 spiro atoms. The molecule has 4 N–H and O–H groups in total. The fraction of sp³-hybridized carbons (Fsp3) is 0.214. The highest BCUT2D eigenvalue weighted by molar-refractivity contribution is 6.30. The molecule has 0 fully saturated rings. The van der Waals surface area contributed by atoms with Crippen molar-refractivity contribution < 1.29 is 9.53 Å². The zero-order valence-electron chi connectivity index (χ0n) is 11.7. The Hall–Kier alpha value is -2.34. The van der Waals surface area contributed by atoms with Crippen molar-refractivity contribution in [2.24, 2.45) is 5.73 Å². The van der Waals surface area contributed by atoms with Gasteiger partial charge in [-0.15, -0.1) is 0 Å². The van der Waals surface area contributed by atoms with Gasteiger partial charge in [-0.05, 0) is 37.6 Å². The Morgan fingerprint density at radius 3 is 2.67 bits per heavy atom. The number of carbonyl (C=O) groups is 1. The number of primary amides is 1. The normalized spacial score (nSPS) is 10.4. The molecule has 2 aromatic rings. The Morgan fingerprint density at radius 1 is 1.33 bits per heavy atom. The van der Waals surface area contributed by atoms with Gasteiger partial charge in [-0.25, -0.2) is 9.97 Å². The largest absolute Gasteiger partial charge is 0.487 e. The molecule has 0 aliphatic heterocycles. The molecule has 0 atom stereocenters. The van der Waals surface area contributed by atoms with Crippen LogP contribution in [0.2, 0.25) is 5.02 Å². The maximum absolute atomic E-state index is 11.5. The van der Waals surface area contributed by atoms with Gasteiger partial charge in [0, 0.05) is 5.02 Å². The summed E-state index contributed by atoms with van der Waals surface area (Å²) in [6, 6.07) is 5.25. The third-order valence-corrected chi connectivity index (χ3v) is 3.17. The van der Waals surface area contributed by atoms with E-state index in [-0.39, 0.29) is 18.1 Å². The van der Waals surface area contributed by atoms with Crippen molar-refractivity contribution in [3.05, 3.63) is 45.7 Å². The van der Waals surface area contributed by atoms with Gasteiger partial charge in [-0.1, -0.05) is 11.6 Å². The lowest BCUT2D eigenvalue weighted by Gasteiger charge is -2.12. The minimum atomic E-state index is -0.612. The first kappa shape index (κ1) is 15.1. The van der Waals surface area contributed by atoms with E-state index in [0.717, 1.165) is 5.56 Å². The van der Waals surface area contributed by atoms with Crippen molar-refractivity contribution >= 4 is 23.5 Å². The van der Waals surface area contributed by atoms with Crippen LogP contribution in [0.3, 0.4) is 0 Å². The second kappa shape index (κ2) is 5.97. The number of nitrogens with two attached hydrogens (primary N) is 2. The van der Waals surface area contributed by atoms with Crippen LogP contribution in [-0.4, -0.2) is 15.9 Å². The van der Waals surface area contributed by atoms with E-state index >= 15 is 0 Å². The molecule has 0 unspecified atom stereocenters. The highest BCUT2D eigenvalue weighted by atomic mass is 35.5. The highest BCUT2D eigenvalue weighted by Crippen LogP contribution is 2.23. The Morgan fingerprint density at radius 2 is 2.05 bits per heavy atom. The minimum absolute atomic E-state index is 0.0638. The van der Waals surface area contributed by atoms with Crippen LogP contribution in [0.15, 0.2) is 18.2 Å². The van der Waals surface area contributed by atoms with Crippen molar-refractivity contribution in [2.45, 2.75) is 20.5 Å². The highest BCUT2D eigenvalue weighted by Gasteiger charge is 2.16. The molecular formula is C14H15ClN4O2. The lowest BCUT2D eigenvalue weighted by molar-refractivity contribution is 0.0996. The number of aryl methyl sites for hydroxylation is 2. The van der Waals surface area contributed by atoms with Gasteiger partial charge in [0.2, 0.25) is 5.95 Å². The van der Waals surface area contributed by atoms with Gasteiger partial charge in [0.05, 0.1) is 17.0 Å². The molecule has 7 heteroatoms. The monoisotopic (exact) mass is 306 g/mol. The van der Waals surface area contributed by atoms with E-state index < -0.39 is 5.91 Å². The van der Waals surface area contributed by atoms with Gasteiger partial charge >= 0.3 is 0 Å². The zero-order chi connectivity index (χ0) is 15.6. The number of nitrogen functional groups attached to an aromatic ring is 1. The summed E-state index contributed by atoms with van der Waals surface area (Å²) < 4.78 is 5.67. The maximum atomic E-state index is 11.5. The summed E-state index contributed by atoms with van der Waals surface area (Å²) in [7, 11) is 0. The number of halogens is 1. The first-order chi connectivity index (χ1) is 9.88. The SMILES string of the molecule is Cc1cc(Cl)ccc1OCc1nc(N)nc(C)c1C(N)=O.